The van der Waals surface area contributed by atoms with E-state index in [0.717, 1.165) is 36.3 Å². The number of hydrogen-bond acceptors (Lipinski definition) is 1. The van der Waals surface area contributed by atoms with Gasteiger partial charge in [-0.3, -0.25) is 0 Å². The third-order valence-electron chi connectivity index (χ3n) is 4.37. The van der Waals surface area contributed by atoms with E-state index in [1.165, 1.54) is 5.82 Å². The van der Waals surface area contributed by atoms with Crippen molar-refractivity contribution in [2.45, 2.75) is 30.0 Å². The number of fused-ring (bicyclic) bond motifs is 1. The molecule has 0 saturated carbocycles. The molecule has 3 aromatic rings. The van der Waals surface area contributed by atoms with Crippen molar-refractivity contribution in [1.82, 2.24) is 4.57 Å². The molecule has 128 valence electrons. The highest BCUT2D eigenvalue weighted by Gasteiger charge is 2.29. The number of thioether (sulfide) groups is 1. The Bertz CT molecular complexity index is 889. The first-order valence-electron chi connectivity index (χ1n) is 8.07. The maximum Gasteiger partial charge on any atom is 0.288 e. The van der Waals surface area contributed by atoms with Gasteiger partial charge >= 0.3 is 0 Å². The van der Waals surface area contributed by atoms with Gasteiger partial charge in [0, 0.05) is 15.5 Å². The van der Waals surface area contributed by atoms with Crippen LogP contribution in [-0.4, -0.2) is 10.3 Å². The number of imidazole rings is 1. The van der Waals surface area contributed by atoms with Crippen LogP contribution in [0.2, 0.25) is 5.02 Å². The molecule has 0 spiro atoms. The van der Waals surface area contributed by atoms with Gasteiger partial charge in [0.1, 0.15) is 11.9 Å². The Labute approximate surface area is 154 Å². The fraction of sp³-hybridized carbons (Fsp3) is 0.211. The molecule has 1 aromatic heterocycles. The van der Waals surface area contributed by atoms with Gasteiger partial charge in [0.05, 0.1) is 13.0 Å². The lowest BCUT2D eigenvalue weighted by atomic mass is 10.1. The second kappa shape index (κ2) is 6.81. The Morgan fingerprint density at radius 1 is 1.04 bits per heavy atom. The van der Waals surface area contributed by atoms with E-state index in [9.17, 15) is 8.78 Å². The van der Waals surface area contributed by atoms with Gasteiger partial charge in [0.15, 0.2) is 5.69 Å². The van der Waals surface area contributed by atoms with Crippen LogP contribution in [0.1, 0.15) is 12.2 Å². The first-order valence-corrected chi connectivity index (χ1v) is 9.33. The van der Waals surface area contributed by atoms with Crippen LogP contribution in [-0.2, 0) is 13.0 Å². The molecule has 0 bridgehead atoms. The van der Waals surface area contributed by atoms with Crippen LogP contribution in [0.3, 0.4) is 0 Å². The number of hydrogen-bond donors (Lipinski definition) is 0. The molecule has 0 amide bonds. The summed E-state index contributed by atoms with van der Waals surface area (Å²) in [5.41, 5.74) is 3.15. The van der Waals surface area contributed by atoms with Gasteiger partial charge in [-0.1, -0.05) is 23.4 Å². The molecule has 0 atom stereocenters. The van der Waals surface area contributed by atoms with E-state index < -0.39 is 5.76 Å². The standard InChI is InChI=1S/C19H16ClF2N2S/c20-14-5-3-13(4-6-14)17-12-23-11-1-2-18(23)24(17)15-7-9-16(10-8-15)25-19(21)22/h3-10,12,19H,1-2,11H2/q+1. The molecule has 0 unspecified atom stereocenters. The second-order valence-corrected chi connectivity index (χ2v) is 7.44. The van der Waals surface area contributed by atoms with Gasteiger partial charge in [0.2, 0.25) is 0 Å². The van der Waals surface area contributed by atoms with E-state index in [-0.39, 0.29) is 0 Å². The largest absolute Gasteiger partial charge is 0.288 e. The van der Waals surface area contributed by atoms with E-state index in [4.69, 9.17) is 11.6 Å². The summed E-state index contributed by atoms with van der Waals surface area (Å²) in [4.78, 5) is 0.572. The summed E-state index contributed by atoms with van der Waals surface area (Å²) in [5.74, 6) is -1.17. The third-order valence-corrected chi connectivity index (χ3v) is 5.34. The van der Waals surface area contributed by atoms with E-state index >= 15 is 0 Å². The van der Waals surface area contributed by atoms with Crippen molar-refractivity contribution in [2.75, 3.05) is 0 Å². The lowest BCUT2D eigenvalue weighted by Crippen LogP contribution is -2.30. The number of aromatic nitrogens is 2. The van der Waals surface area contributed by atoms with Crippen LogP contribution in [0.4, 0.5) is 8.78 Å². The highest BCUT2D eigenvalue weighted by molar-refractivity contribution is 7.99. The minimum absolute atomic E-state index is 0.570. The van der Waals surface area contributed by atoms with Crippen LogP contribution < -0.4 is 4.57 Å². The Balaban J connectivity index is 1.79. The van der Waals surface area contributed by atoms with E-state index in [2.05, 4.69) is 15.3 Å². The molecule has 6 heteroatoms. The van der Waals surface area contributed by atoms with Crippen molar-refractivity contribution >= 4 is 23.4 Å². The molecular weight excluding hydrogens is 362 g/mol. The van der Waals surface area contributed by atoms with Gasteiger partial charge in [-0.15, -0.1) is 0 Å². The Kier molecular flexibility index (Phi) is 4.52. The summed E-state index contributed by atoms with van der Waals surface area (Å²) in [6, 6.07) is 15.1. The SMILES string of the molecule is FC(F)Sc1ccc(-n2c(-c3ccc(Cl)cc3)c[n+]3c2CCC3)cc1. The zero-order valence-corrected chi connectivity index (χ0v) is 14.9. The average Bonchev–Trinajstić information content (AvgIpc) is 3.17. The number of nitrogens with zero attached hydrogens (tertiary/aromatic N) is 2. The van der Waals surface area contributed by atoms with Crippen molar-refractivity contribution in [3.63, 3.8) is 0 Å². The number of alkyl halides is 2. The van der Waals surface area contributed by atoms with Crippen molar-refractivity contribution in [3.8, 4) is 16.9 Å². The minimum Gasteiger partial charge on any atom is -0.233 e. The number of aryl methyl sites for hydroxylation is 1. The van der Waals surface area contributed by atoms with Crippen LogP contribution in [0.25, 0.3) is 16.9 Å². The van der Waals surface area contributed by atoms with E-state index in [1.807, 2.05) is 36.4 Å². The Morgan fingerprint density at radius 2 is 1.76 bits per heavy atom. The zero-order chi connectivity index (χ0) is 17.4. The molecule has 0 aliphatic carbocycles. The maximum atomic E-state index is 12.5. The molecule has 25 heavy (non-hydrogen) atoms. The van der Waals surface area contributed by atoms with Crippen LogP contribution >= 0.6 is 23.4 Å². The van der Waals surface area contributed by atoms with Crippen molar-refractivity contribution in [3.05, 3.63) is 65.6 Å². The molecule has 0 saturated heterocycles. The third kappa shape index (κ3) is 3.31. The van der Waals surface area contributed by atoms with E-state index in [0.29, 0.717) is 21.7 Å². The number of benzene rings is 2. The molecule has 0 fully saturated rings. The molecule has 2 aromatic carbocycles. The normalized spacial score (nSPS) is 13.4. The summed E-state index contributed by atoms with van der Waals surface area (Å²) >= 11 is 6.58. The Morgan fingerprint density at radius 3 is 2.44 bits per heavy atom. The molecule has 0 radical (unpaired) electrons. The second-order valence-electron chi connectivity index (χ2n) is 5.94. The first kappa shape index (κ1) is 16.6. The fourth-order valence-corrected chi connectivity index (χ4v) is 3.92. The van der Waals surface area contributed by atoms with Crippen LogP contribution in [0.5, 0.6) is 0 Å². The van der Waals surface area contributed by atoms with Crippen molar-refractivity contribution in [2.24, 2.45) is 0 Å². The quantitative estimate of drug-likeness (QED) is 0.440. The summed E-state index contributed by atoms with van der Waals surface area (Å²) in [7, 11) is 0. The average molecular weight is 378 g/mol. The van der Waals surface area contributed by atoms with Gasteiger partial charge in [-0.2, -0.15) is 13.3 Å². The minimum atomic E-state index is -2.40. The molecule has 2 heterocycles. The molecule has 4 rings (SSSR count). The zero-order valence-electron chi connectivity index (χ0n) is 13.3. The van der Waals surface area contributed by atoms with Crippen LogP contribution in [0.15, 0.2) is 59.6 Å². The number of halogens is 3. The fourth-order valence-electron chi connectivity index (χ4n) is 3.29. The van der Waals surface area contributed by atoms with Gasteiger partial charge < -0.3 is 0 Å². The predicted octanol–water partition coefficient (Wildman–Crippen LogP) is 5.35. The molecular formula is C19H16ClF2N2S+. The molecule has 1 aliphatic heterocycles. The van der Waals surface area contributed by atoms with Gasteiger partial charge in [-0.05, 0) is 55.0 Å². The smallest absolute Gasteiger partial charge is 0.233 e. The van der Waals surface area contributed by atoms with Crippen LogP contribution in [0, 0.1) is 0 Å². The number of rotatable bonds is 4. The summed E-state index contributed by atoms with van der Waals surface area (Å²) in [5, 5.41) is 0.704. The predicted molar refractivity (Wildman–Crippen MR) is 96.6 cm³/mol. The van der Waals surface area contributed by atoms with Gasteiger partial charge in [0.25, 0.3) is 11.6 Å². The van der Waals surface area contributed by atoms with Crippen molar-refractivity contribution in [1.29, 1.82) is 0 Å². The molecule has 1 aliphatic rings. The Hall–Kier alpha value is -1.85. The summed E-state index contributed by atoms with van der Waals surface area (Å²) in [6.45, 7) is 1.00. The molecule has 2 nitrogen and oxygen atoms in total. The monoisotopic (exact) mass is 377 g/mol. The van der Waals surface area contributed by atoms with Crippen molar-refractivity contribution < 1.29 is 13.3 Å². The van der Waals surface area contributed by atoms with E-state index in [1.54, 1.807) is 12.1 Å². The highest BCUT2D eigenvalue weighted by atomic mass is 35.5. The summed E-state index contributed by atoms with van der Waals surface area (Å²) in [6.07, 6.45) is 4.28. The lowest BCUT2D eigenvalue weighted by molar-refractivity contribution is -0.689. The molecule has 0 N–H and O–H groups in total. The lowest BCUT2D eigenvalue weighted by Gasteiger charge is -2.06. The first-order chi connectivity index (χ1) is 12.1. The van der Waals surface area contributed by atoms with Gasteiger partial charge in [-0.25, -0.2) is 4.57 Å². The highest BCUT2D eigenvalue weighted by Crippen LogP contribution is 2.30. The maximum absolute atomic E-state index is 12.5. The topological polar surface area (TPSA) is 8.81 Å². The summed E-state index contributed by atoms with van der Waals surface area (Å²) < 4.78 is 29.6.